The number of hydrogen-bond donors (Lipinski definition) is 3. The number of amides is 3. The van der Waals surface area contributed by atoms with Crippen molar-refractivity contribution < 1.29 is 9.59 Å². The summed E-state index contributed by atoms with van der Waals surface area (Å²) in [7, 11) is 0. The maximum atomic E-state index is 12.0. The monoisotopic (exact) mass is 262 g/mol. The molecule has 6 heteroatoms. The van der Waals surface area contributed by atoms with Crippen molar-refractivity contribution >= 4 is 17.6 Å². The van der Waals surface area contributed by atoms with Crippen LogP contribution in [-0.2, 0) is 0 Å². The lowest BCUT2D eigenvalue weighted by Crippen LogP contribution is -2.51. The van der Waals surface area contributed by atoms with E-state index in [0.29, 0.717) is 24.3 Å². The molecule has 1 fully saturated rings. The first kappa shape index (κ1) is 13.2. The highest BCUT2D eigenvalue weighted by Crippen LogP contribution is 2.12. The van der Waals surface area contributed by atoms with E-state index < -0.39 is 6.03 Å². The Bertz CT molecular complexity index is 489. The summed E-state index contributed by atoms with van der Waals surface area (Å²) < 4.78 is 0. The van der Waals surface area contributed by atoms with Crippen LogP contribution in [-0.4, -0.2) is 36.0 Å². The summed E-state index contributed by atoms with van der Waals surface area (Å²) in [6.07, 6.45) is 1.68. The zero-order chi connectivity index (χ0) is 13.8. The Balaban J connectivity index is 1.97. The molecular weight excluding hydrogens is 244 g/mol. The van der Waals surface area contributed by atoms with Crippen LogP contribution >= 0.6 is 0 Å². The number of benzene rings is 1. The van der Waals surface area contributed by atoms with Crippen LogP contribution in [0.3, 0.4) is 0 Å². The minimum absolute atomic E-state index is 0.0600. The molecule has 1 aliphatic heterocycles. The van der Waals surface area contributed by atoms with Gasteiger partial charge in [0, 0.05) is 30.4 Å². The normalized spacial score (nSPS) is 18.9. The molecule has 0 radical (unpaired) electrons. The predicted molar refractivity (Wildman–Crippen MR) is 72.5 cm³/mol. The van der Waals surface area contributed by atoms with Crippen LogP contribution in [0.2, 0.25) is 0 Å². The van der Waals surface area contributed by atoms with Crippen molar-refractivity contribution in [1.29, 1.82) is 0 Å². The molecule has 2 rings (SSSR count). The van der Waals surface area contributed by atoms with E-state index in [1.807, 2.05) is 0 Å². The minimum atomic E-state index is -0.442. The lowest BCUT2D eigenvalue weighted by molar-refractivity contribution is 0.0912. The number of nitrogen functional groups attached to an aromatic ring is 1. The lowest BCUT2D eigenvalue weighted by Gasteiger charge is -2.31. The van der Waals surface area contributed by atoms with Gasteiger partial charge in [-0.05, 0) is 31.0 Å². The lowest BCUT2D eigenvalue weighted by atomic mass is 10.1. The van der Waals surface area contributed by atoms with Gasteiger partial charge in [0.1, 0.15) is 0 Å². The Labute approximate surface area is 111 Å². The molecule has 6 nitrogen and oxygen atoms in total. The SMILES string of the molecule is NC(=O)N1CCCC(NC(=O)c2cccc(N)c2)C1. The highest BCUT2D eigenvalue weighted by Gasteiger charge is 2.23. The molecule has 3 amide bonds. The summed E-state index contributed by atoms with van der Waals surface area (Å²) in [6.45, 7) is 1.11. The summed E-state index contributed by atoms with van der Waals surface area (Å²) in [5.41, 5.74) is 12.0. The Kier molecular flexibility index (Phi) is 3.89. The maximum Gasteiger partial charge on any atom is 0.314 e. The van der Waals surface area contributed by atoms with Gasteiger partial charge in [0.2, 0.25) is 0 Å². The van der Waals surface area contributed by atoms with E-state index in [2.05, 4.69) is 5.32 Å². The second-order valence-corrected chi connectivity index (χ2v) is 4.72. The number of rotatable bonds is 2. The number of likely N-dealkylation sites (tertiary alicyclic amines) is 1. The summed E-state index contributed by atoms with van der Waals surface area (Å²) in [4.78, 5) is 24.7. The van der Waals surface area contributed by atoms with Crippen LogP contribution < -0.4 is 16.8 Å². The second-order valence-electron chi connectivity index (χ2n) is 4.72. The smallest absolute Gasteiger partial charge is 0.314 e. The van der Waals surface area contributed by atoms with Crippen LogP contribution in [0.4, 0.5) is 10.5 Å². The molecule has 5 N–H and O–H groups in total. The summed E-state index contributed by atoms with van der Waals surface area (Å²) in [5, 5.41) is 2.90. The number of primary amides is 1. The average molecular weight is 262 g/mol. The number of hydrogen-bond acceptors (Lipinski definition) is 3. The zero-order valence-corrected chi connectivity index (χ0v) is 10.6. The average Bonchev–Trinajstić information content (AvgIpc) is 2.39. The third kappa shape index (κ3) is 3.37. The fourth-order valence-electron chi connectivity index (χ4n) is 2.24. The third-order valence-electron chi connectivity index (χ3n) is 3.22. The largest absolute Gasteiger partial charge is 0.399 e. The zero-order valence-electron chi connectivity index (χ0n) is 10.6. The first-order valence-corrected chi connectivity index (χ1v) is 6.27. The highest BCUT2D eigenvalue weighted by atomic mass is 16.2. The summed E-state index contributed by atoms with van der Waals surface area (Å²) in [6, 6.07) is 6.30. The Morgan fingerprint density at radius 2 is 2.16 bits per heavy atom. The van der Waals surface area contributed by atoms with E-state index in [-0.39, 0.29) is 11.9 Å². The second kappa shape index (κ2) is 5.60. The first-order valence-electron chi connectivity index (χ1n) is 6.27. The van der Waals surface area contributed by atoms with Crippen LogP contribution in [0.5, 0.6) is 0 Å². The number of carbonyl (C=O) groups excluding carboxylic acids is 2. The van der Waals surface area contributed by atoms with Gasteiger partial charge in [-0.2, -0.15) is 0 Å². The molecule has 1 saturated heterocycles. The van der Waals surface area contributed by atoms with Crippen LogP contribution in [0.25, 0.3) is 0 Å². The number of carbonyl (C=O) groups is 2. The van der Waals surface area contributed by atoms with Gasteiger partial charge in [-0.3, -0.25) is 4.79 Å². The van der Waals surface area contributed by atoms with E-state index in [1.54, 1.807) is 29.2 Å². The van der Waals surface area contributed by atoms with Crippen LogP contribution in [0.1, 0.15) is 23.2 Å². The topological polar surface area (TPSA) is 101 Å². The van der Waals surface area contributed by atoms with Crippen molar-refractivity contribution in [3.8, 4) is 0 Å². The van der Waals surface area contributed by atoms with Crippen molar-refractivity contribution in [3.05, 3.63) is 29.8 Å². The van der Waals surface area contributed by atoms with Crippen molar-refractivity contribution in [2.75, 3.05) is 18.8 Å². The molecule has 0 spiro atoms. The standard InChI is InChI=1S/C13H18N4O2/c14-10-4-1-3-9(7-10)12(18)16-11-5-2-6-17(8-11)13(15)19/h1,3-4,7,11H,2,5-6,8,14H2,(H2,15,19)(H,16,18). The fraction of sp³-hybridized carbons (Fsp3) is 0.385. The molecule has 1 heterocycles. The Morgan fingerprint density at radius 3 is 2.84 bits per heavy atom. The third-order valence-corrected chi connectivity index (χ3v) is 3.22. The minimum Gasteiger partial charge on any atom is -0.399 e. The van der Waals surface area contributed by atoms with Crippen molar-refractivity contribution in [2.24, 2.45) is 5.73 Å². The number of piperidine rings is 1. The molecule has 0 saturated carbocycles. The van der Waals surface area contributed by atoms with Crippen molar-refractivity contribution in [3.63, 3.8) is 0 Å². The Morgan fingerprint density at radius 1 is 1.37 bits per heavy atom. The van der Waals surface area contributed by atoms with Crippen LogP contribution in [0, 0.1) is 0 Å². The molecule has 1 aromatic rings. The molecule has 1 aliphatic rings. The van der Waals surface area contributed by atoms with Gasteiger partial charge in [0.05, 0.1) is 0 Å². The van der Waals surface area contributed by atoms with Gasteiger partial charge < -0.3 is 21.7 Å². The molecule has 1 unspecified atom stereocenters. The molecule has 0 bridgehead atoms. The fourth-order valence-corrected chi connectivity index (χ4v) is 2.24. The highest BCUT2D eigenvalue weighted by molar-refractivity contribution is 5.95. The van der Waals surface area contributed by atoms with Gasteiger partial charge in [-0.1, -0.05) is 6.07 Å². The number of nitrogens with one attached hydrogen (secondary N) is 1. The van der Waals surface area contributed by atoms with E-state index in [9.17, 15) is 9.59 Å². The number of nitrogens with two attached hydrogens (primary N) is 2. The van der Waals surface area contributed by atoms with Gasteiger partial charge in [0.15, 0.2) is 0 Å². The van der Waals surface area contributed by atoms with E-state index in [4.69, 9.17) is 11.5 Å². The molecule has 0 aromatic heterocycles. The van der Waals surface area contributed by atoms with Gasteiger partial charge in [-0.15, -0.1) is 0 Å². The molecule has 1 aromatic carbocycles. The molecular formula is C13H18N4O2. The number of urea groups is 1. The first-order chi connectivity index (χ1) is 9.06. The quantitative estimate of drug-likeness (QED) is 0.678. The molecule has 102 valence electrons. The Hall–Kier alpha value is -2.24. The van der Waals surface area contributed by atoms with E-state index in [0.717, 1.165) is 12.8 Å². The molecule has 0 aliphatic carbocycles. The number of nitrogens with zero attached hydrogens (tertiary/aromatic N) is 1. The van der Waals surface area contributed by atoms with Crippen molar-refractivity contribution in [1.82, 2.24) is 10.2 Å². The van der Waals surface area contributed by atoms with E-state index >= 15 is 0 Å². The molecule has 1 atom stereocenters. The van der Waals surface area contributed by atoms with Gasteiger partial charge in [-0.25, -0.2) is 4.79 Å². The summed E-state index contributed by atoms with van der Waals surface area (Å²) in [5.74, 6) is -0.177. The van der Waals surface area contributed by atoms with Crippen molar-refractivity contribution in [2.45, 2.75) is 18.9 Å². The number of anilines is 1. The predicted octanol–water partition coefficient (Wildman–Crippen LogP) is 0.542. The summed E-state index contributed by atoms with van der Waals surface area (Å²) >= 11 is 0. The van der Waals surface area contributed by atoms with Gasteiger partial charge >= 0.3 is 6.03 Å². The molecule has 19 heavy (non-hydrogen) atoms. The van der Waals surface area contributed by atoms with Gasteiger partial charge in [0.25, 0.3) is 5.91 Å². The van der Waals surface area contributed by atoms with Crippen LogP contribution in [0.15, 0.2) is 24.3 Å². The maximum absolute atomic E-state index is 12.0. The van der Waals surface area contributed by atoms with E-state index in [1.165, 1.54) is 0 Å².